The minimum Gasteiger partial charge on any atom is -0.394 e. The third kappa shape index (κ3) is 4.02. The Kier molecular flexibility index (Phi) is 5.31. The lowest BCUT2D eigenvalue weighted by molar-refractivity contribution is -0.385. The summed E-state index contributed by atoms with van der Waals surface area (Å²) < 4.78 is 0. The van der Waals surface area contributed by atoms with E-state index in [1.54, 1.807) is 18.2 Å². The number of rotatable bonds is 6. The smallest absolute Gasteiger partial charge is 0.272 e. The van der Waals surface area contributed by atoms with Gasteiger partial charge in [-0.25, -0.2) is 0 Å². The van der Waals surface area contributed by atoms with E-state index in [9.17, 15) is 15.2 Å². The Hall–Kier alpha value is -1.46. The molecular weight excluding hydrogens is 268 g/mol. The summed E-state index contributed by atoms with van der Waals surface area (Å²) in [5, 5.41) is 24.1. The highest BCUT2D eigenvalue weighted by molar-refractivity contribution is 5.39. The first-order chi connectivity index (χ1) is 10.1. The van der Waals surface area contributed by atoms with Crippen molar-refractivity contribution >= 4 is 5.69 Å². The Balaban J connectivity index is 1.93. The van der Waals surface area contributed by atoms with Gasteiger partial charge in [-0.15, -0.1) is 0 Å². The number of para-hydroxylation sites is 1. The van der Waals surface area contributed by atoms with Crippen LogP contribution in [0.4, 0.5) is 5.69 Å². The zero-order valence-corrected chi connectivity index (χ0v) is 12.5. The quantitative estimate of drug-likeness (QED) is 0.624. The van der Waals surface area contributed by atoms with Crippen molar-refractivity contribution in [3.63, 3.8) is 0 Å². The highest BCUT2D eigenvalue weighted by atomic mass is 16.6. The summed E-state index contributed by atoms with van der Waals surface area (Å²) >= 11 is 0. The Morgan fingerprint density at radius 2 is 2.05 bits per heavy atom. The van der Waals surface area contributed by atoms with Crippen molar-refractivity contribution in [1.82, 2.24) is 5.32 Å². The number of aliphatic hydroxyl groups is 1. The van der Waals surface area contributed by atoms with Crippen LogP contribution >= 0.6 is 0 Å². The number of nitro groups is 1. The second-order valence-corrected chi connectivity index (χ2v) is 6.18. The van der Waals surface area contributed by atoms with Gasteiger partial charge in [0.15, 0.2) is 0 Å². The monoisotopic (exact) mass is 292 g/mol. The Labute approximate surface area is 125 Å². The van der Waals surface area contributed by atoms with Crippen LogP contribution in [-0.2, 0) is 6.42 Å². The van der Waals surface area contributed by atoms with Crippen molar-refractivity contribution in [2.45, 2.75) is 44.6 Å². The van der Waals surface area contributed by atoms with Crippen LogP contribution in [0.5, 0.6) is 0 Å². The molecule has 0 atom stereocenters. The van der Waals surface area contributed by atoms with Gasteiger partial charge in [-0.2, -0.15) is 0 Å². The van der Waals surface area contributed by atoms with Gasteiger partial charge in [0, 0.05) is 23.7 Å². The number of nitrogens with one attached hydrogen (secondary N) is 1. The van der Waals surface area contributed by atoms with Crippen LogP contribution in [0.15, 0.2) is 24.3 Å². The van der Waals surface area contributed by atoms with Gasteiger partial charge >= 0.3 is 0 Å². The SMILES string of the molecule is CC1CCC(CO)(NCCc2ccccc2[N+](=O)[O-])CC1. The molecule has 2 N–H and O–H groups in total. The molecule has 0 spiro atoms. The highest BCUT2D eigenvalue weighted by Crippen LogP contribution is 2.31. The van der Waals surface area contributed by atoms with E-state index in [4.69, 9.17) is 0 Å². The molecule has 21 heavy (non-hydrogen) atoms. The maximum Gasteiger partial charge on any atom is 0.272 e. The third-order valence-electron chi connectivity index (χ3n) is 4.62. The summed E-state index contributed by atoms with van der Waals surface area (Å²) in [4.78, 5) is 10.7. The topological polar surface area (TPSA) is 75.4 Å². The summed E-state index contributed by atoms with van der Waals surface area (Å²) in [5.41, 5.74) is 0.720. The van der Waals surface area contributed by atoms with Gasteiger partial charge in [-0.3, -0.25) is 10.1 Å². The molecule has 1 saturated carbocycles. The lowest BCUT2D eigenvalue weighted by atomic mass is 9.77. The number of nitro benzene ring substituents is 1. The van der Waals surface area contributed by atoms with Gasteiger partial charge in [0.25, 0.3) is 5.69 Å². The maximum atomic E-state index is 11.0. The van der Waals surface area contributed by atoms with Crippen molar-refractivity contribution in [2.24, 2.45) is 5.92 Å². The van der Waals surface area contributed by atoms with Gasteiger partial charge in [0.05, 0.1) is 11.5 Å². The first kappa shape index (κ1) is 15.9. The number of hydrogen-bond acceptors (Lipinski definition) is 4. The predicted molar refractivity (Wildman–Crippen MR) is 82.3 cm³/mol. The lowest BCUT2D eigenvalue weighted by Crippen LogP contribution is -2.51. The molecule has 0 aromatic heterocycles. The van der Waals surface area contributed by atoms with E-state index in [-0.39, 0.29) is 22.8 Å². The zero-order chi connectivity index (χ0) is 15.3. The van der Waals surface area contributed by atoms with Gasteiger partial charge in [-0.05, 0) is 38.0 Å². The summed E-state index contributed by atoms with van der Waals surface area (Å²) in [6, 6.07) is 6.85. The molecule has 0 radical (unpaired) electrons. The molecule has 2 rings (SSSR count). The molecule has 0 bridgehead atoms. The van der Waals surface area contributed by atoms with Crippen LogP contribution in [0.2, 0.25) is 0 Å². The average molecular weight is 292 g/mol. The van der Waals surface area contributed by atoms with Crippen molar-refractivity contribution < 1.29 is 10.0 Å². The maximum absolute atomic E-state index is 11.0. The van der Waals surface area contributed by atoms with E-state index in [0.29, 0.717) is 13.0 Å². The molecule has 1 aliphatic carbocycles. The molecule has 1 aromatic rings. The fraction of sp³-hybridized carbons (Fsp3) is 0.625. The number of aliphatic hydroxyl groups excluding tert-OH is 1. The van der Waals surface area contributed by atoms with Crippen LogP contribution in [-0.4, -0.2) is 28.7 Å². The van der Waals surface area contributed by atoms with E-state index in [0.717, 1.165) is 37.2 Å². The molecule has 0 heterocycles. The average Bonchev–Trinajstić information content (AvgIpc) is 2.50. The van der Waals surface area contributed by atoms with E-state index in [1.165, 1.54) is 0 Å². The van der Waals surface area contributed by atoms with Crippen molar-refractivity contribution in [3.05, 3.63) is 39.9 Å². The second-order valence-electron chi connectivity index (χ2n) is 6.18. The Morgan fingerprint density at radius 3 is 2.67 bits per heavy atom. The summed E-state index contributed by atoms with van der Waals surface area (Å²) in [7, 11) is 0. The minimum absolute atomic E-state index is 0.136. The van der Waals surface area contributed by atoms with Gasteiger partial charge < -0.3 is 10.4 Å². The summed E-state index contributed by atoms with van der Waals surface area (Å²) in [5.74, 6) is 0.724. The molecule has 0 amide bonds. The molecule has 5 nitrogen and oxygen atoms in total. The van der Waals surface area contributed by atoms with Crippen LogP contribution in [0.25, 0.3) is 0 Å². The van der Waals surface area contributed by atoms with E-state index >= 15 is 0 Å². The normalized spacial score (nSPS) is 25.7. The molecule has 0 saturated heterocycles. The van der Waals surface area contributed by atoms with Crippen LogP contribution < -0.4 is 5.32 Å². The molecule has 116 valence electrons. The largest absolute Gasteiger partial charge is 0.394 e. The van der Waals surface area contributed by atoms with E-state index < -0.39 is 0 Å². The standard InChI is InChI=1S/C16H24N2O3/c1-13-6-9-16(12-19,10-7-13)17-11-8-14-4-2-3-5-15(14)18(20)21/h2-5,13,17,19H,6-12H2,1H3. The first-order valence-electron chi connectivity index (χ1n) is 7.64. The fourth-order valence-corrected chi connectivity index (χ4v) is 3.07. The molecule has 0 unspecified atom stereocenters. The molecular formula is C16H24N2O3. The summed E-state index contributed by atoms with van der Waals surface area (Å²) in [6.07, 6.45) is 4.80. The van der Waals surface area contributed by atoms with Crippen molar-refractivity contribution in [3.8, 4) is 0 Å². The predicted octanol–water partition coefficient (Wildman–Crippen LogP) is 2.67. The number of benzene rings is 1. The molecule has 1 aliphatic rings. The van der Waals surface area contributed by atoms with Gasteiger partial charge in [-0.1, -0.05) is 25.1 Å². The first-order valence-corrected chi connectivity index (χ1v) is 7.64. The molecule has 0 aliphatic heterocycles. The molecule has 1 aromatic carbocycles. The number of nitrogens with zero attached hydrogens (tertiary/aromatic N) is 1. The van der Waals surface area contributed by atoms with Gasteiger partial charge in [0.2, 0.25) is 0 Å². The highest BCUT2D eigenvalue weighted by Gasteiger charge is 2.32. The van der Waals surface area contributed by atoms with Crippen LogP contribution in [0.3, 0.4) is 0 Å². The molecule has 5 heteroatoms. The van der Waals surface area contributed by atoms with E-state index in [2.05, 4.69) is 12.2 Å². The Bertz CT molecular complexity index is 482. The lowest BCUT2D eigenvalue weighted by Gasteiger charge is -2.39. The van der Waals surface area contributed by atoms with Crippen LogP contribution in [0, 0.1) is 16.0 Å². The Morgan fingerprint density at radius 1 is 1.38 bits per heavy atom. The van der Waals surface area contributed by atoms with Crippen molar-refractivity contribution in [2.75, 3.05) is 13.2 Å². The van der Waals surface area contributed by atoms with Crippen molar-refractivity contribution in [1.29, 1.82) is 0 Å². The second kappa shape index (κ2) is 7.00. The third-order valence-corrected chi connectivity index (χ3v) is 4.62. The fourth-order valence-electron chi connectivity index (χ4n) is 3.07. The van der Waals surface area contributed by atoms with E-state index in [1.807, 2.05) is 6.07 Å². The summed E-state index contributed by atoms with van der Waals surface area (Å²) in [6.45, 7) is 3.03. The van der Waals surface area contributed by atoms with Crippen LogP contribution in [0.1, 0.15) is 38.2 Å². The molecule has 1 fully saturated rings. The van der Waals surface area contributed by atoms with Gasteiger partial charge in [0.1, 0.15) is 0 Å². The zero-order valence-electron chi connectivity index (χ0n) is 12.5. The number of hydrogen-bond donors (Lipinski definition) is 2. The minimum atomic E-state index is -0.334.